The number of hydrogen-bond donors (Lipinski definition) is 0. The second-order valence-corrected chi connectivity index (χ2v) is 16.8. The summed E-state index contributed by atoms with van der Waals surface area (Å²) >= 11 is 3.75. The molecular formula is C51H44N4S2. The highest BCUT2D eigenvalue weighted by atomic mass is 32.2. The minimum absolute atomic E-state index is 0.0730. The van der Waals surface area contributed by atoms with E-state index < -0.39 is 0 Å². The lowest BCUT2D eigenvalue weighted by molar-refractivity contribution is 0.618. The van der Waals surface area contributed by atoms with Crippen molar-refractivity contribution < 1.29 is 0 Å². The van der Waals surface area contributed by atoms with Crippen LogP contribution in [0.15, 0.2) is 171 Å². The van der Waals surface area contributed by atoms with Crippen LogP contribution < -0.4 is 0 Å². The molecule has 3 heterocycles. The molecule has 280 valence electrons. The average Bonchev–Trinajstić information content (AvgIpc) is 3.68. The van der Waals surface area contributed by atoms with Gasteiger partial charge in [0.2, 0.25) is 0 Å². The first-order chi connectivity index (χ1) is 27.9. The first kappa shape index (κ1) is 36.9. The number of allylic oxidation sites excluding steroid dienone is 4. The van der Waals surface area contributed by atoms with E-state index in [0.717, 1.165) is 28.8 Å². The van der Waals surface area contributed by atoms with Gasteiger partial charge in [0.05, 0.1) is 11.0 Å². The Kier molecular flexibility index (Phi) is 9.71. The van der Waals surface area contributed by atoms with E-state index in [4.69, 9.17) is 15.0 Å². The van der Waals surface area contributed by atoms with Gasteiger partial charge in [0.25, 0.3) is 0 Å². The number of hydrogen-bond acceptors (Lipinski definition) is 5. The van der Waals surface area contributed by atoms with Crippen LogP contribution in [0.25, 0.3) is 67.2 Å². The minimum Gasteiger partial charge on any atom is -0.309 e. The van der Waals surface area contributed by atoms with Crippen LogP contribution in [0, 0.1) is 0 Å². The topological polar surface area (TPSA) is 43.6 Å². The molecule has 0 atom stereocenters. The van der Waals surface area contributed by atoms with E-state index in [1.54, 1.807) is 0 Å². The number of aromatic nitrogens is 4. The van der Waals surface area contributed by atoms with Gasteiger partial charge < -0.3 is 4.57 Å². The van der Waals surface area contributed by atoms with Crippen molar-refractivity contribution >= 4 is 50.9 Å². The van der Waals surface area contributed by atoms with Crippen LogP contribution >= 0.6 is 23.5 Å². The van der Waals surface area contributed by atoms with E-state index in [0.29, 0.717) is 17.5 Å². The lowest BCUT2D eigenvalue weighted by atomic mass is 9.80. The third-order valence-electron chi connectivity index (χ3n) is 11.1. The summed E-state index contributed by atoms with van der Waals surface area (Å²) in [6.07, 6.45) is 5.52. The molecule has 0 bridgehead atoms. The monoisotopic (exact) mass is 776 g/mol. The van der Waals surface area contributed by atoms with E-state index in [1.807, 2.05) is 98.0 Å². The van der Waals surface area contributed by atoms with Gasteiger partial charge in [-0.25, -0.2) is 15.0 Å². The smallest absolute Gasteiger partial charge is 0.164 e. The molecule has 1 aliphatic heterocycles. The largest absolute Gasteiger partial charge is 0.309 e. The standard InChI is InChI=1S/C49H38N4S2.C2H6/c1-5-15-34-35-26-36-37-27-44-45(55-43-21-14-13-20-42(43)54-44)29-41(37)53(40(36)28-39(35)49(3,4)38(34)6-2)33-24-22-32(23-25-33)48-51-46(30-16-9-7-10-17-30)50-47(52-48)31-18-11-8-12-19-31;1-2/h5,7-29H,6H2,1-4H3;1-2H3/b15-5-;. The van der Waals surface area contributed by atoms with Crippen LogP contribution in [-0.2, 0) is 5.41 Å². The normalized spacial score (nSPS) is 14.1. The highest BCUT2D eigenvalue weighted by molar-refractivity contribution is 8.05. The van der Waals surface area contributed by atoms with Crippen molar-refractivity contribution in [3.05, 3.63) is 162 Å². The molecule has 0 saturated heterocycles. The zero-order valence-corrected chi connectivity index (χ0v) is 34.8. The van der Waals surface area contributed by atoms with E-state index in [2.05, 4.69) is 117 Å². The van der Waals surface area contributed by atoms with Crippen LogP contribution in [0.3, 0.4) is 0 Å². The molecule has 2 aliphatic rings. The second-order valence-electron chi connectivity index (χ2n) is 14.7. The molecule has 57 heavy (non-hydrogen) atoms. The molecule has 10 rings (SSSR count). The SMILES string of the molecule is C/C=C\C1=C(CC)C(C)(C)c2cc3c(cc21)c1cc2c(cc1n3-c1ccc(-c3nc(-c4ccccc4)nc(-c4ccccc4)n3)cc1)Sc1ccccc1S2.CC. The molecule has 6 aromatic carbocycles. The van der Waals surface area contributed by atoms with Gasteiger partial charge in [-0.15, -0.1) is 0 Å². The van der Waals surface area contributed by atoms with Gasteiger partial charge >= 0.3 is 0 Å². The molecule has 0 radical (unpaired) electrons. The van der Waals surface area contributed by atoms with Gasteiger partial charge in [0, 0.05) is 58.1 Å². The van der Waals surface area contributed by atoms with Gasteiger partial charge in [0.1, 0.15) is 0 Å². The summed E-state index contributed by atoms with van der Waals surface area (Å²) in [5, 5.41) is 2.55. The average molecular weight is 777 g/mol. The minimum atomic E-state index is -0.0730. The number of rotatable bonds is 6. The molecule has 0 spiro atoms. The first-order valence-electron chi connectivity index (χ1n) is 19.9. The van der Waals surface area contributed by atoms with Crippen molar-refractivity contribution in [1.82, 2.24) is 19.5 Å². The van der Waals surface area contributed by atoms with Crippen LogP contribution in [0.1, 0.15) is 59.1 Å². The van der Waals surface area contributed by atoms with Crippen LogP contribution in [-0.4, -0.2) is 19.5 Å². The van der Waals surface area contributed by atoms with Gasteiger partial charge in [-0.1, -0.05) is 149 Å². The van der Waals surface area contributed by atoms with E-state index >= 15 is 0 Å². The van der Waals surface area contributed by atoms with Crippen LogP contribution in [0.2, 0.25) is 0 Å². The Morgan fingerprint density at radius 2 is 1.07 bits per heavy atom. The molecule has 2 aromatic heterocycles. The summed E-state index contributed by atoms with van der Waals surface area (Å²) in [7, 11) is 0. The maximum absolute atomic E-state index is 5.01. The highest BCUT2D eigenvalue weighted by Crippen LogP contribution is 2.53. The lowest BCUT2D eigenvalue weighted by Gasteiger charge is -2.24. The zero-order valence-electron chi connectivity index (χ0n) is 33.2. The number of benzene rings is 6. The van der Waals surface area contributed by atoms with Crippen molar-refractivity contribution in [2.45, 2.75) is 73.0 Å². The molecule has 4 nitrogen and oxygen atoms in total. The van der Waals surface area contributed by atoms with Gasteiger partial charge in [-0.05, 0) is 90.7 Å². The van der Waals surface area contributed by atoms with Crippen molar-refractivity contribution in [1.29, 1.82) is 0 Å². The summed E-state index contributed by atoms with van der Waals surface area (Å²) in [6, 6.07) is 47.6. The Morgan fingerprint density at radius 1 is 0.579 bits per heavy atom. The summed E-state index contributed by atoms with van der Waals surface area (Å²) in [4.78, 5) is 20.1. The third kappa shape index (κ3) is 6.32. The van der Waals surface area contributed by atoms with Crippen LogP contribution in [0.4, 0.5) is 0 Å². The molecule has 1 aliphatic carbocycles. The zero-order chi connectivity index (χ0) is 39.3. The Morgan fingerprint density at radius 3 is 1.61 bits per heavy atom. The maximum Gasteiger partial charge on any atom is 0.164 e. The highest BCUT2D eigenvalue weighted by Gasteiger charge is 2.37. The second kappa shape index (κ2) is 15.0. The molecule has 0 N–H and O–H groups in total. The van der Waals surface area contributed by atoms with E-state index in [-0.39, 0.29) is 5.41 Å². The first-order valence-corrected chi connectivity index (χ1v) is 21.5. The molecule has 0 amide bonds. The summed E-state index contributed by atoms with van der Waals surface area (Å²) in [5.74, 6) is 1.97. The fourth-order valence-electron chi connectivity index (χ4n) is 8.45. The maximum atomic E-state index is 5.01. The molecule has 6 heteroatoms. The van der Waals surface area contributed by atoms with Gasteiger partial charge in [0.15, 0.2) is 17.5 Å². The van der Waals surface area contributed by atoms with E-state index in [9.17, 15) is 0 Å². The summed E-state index contributed by atoms with van der Waals surface area (Å²) in [6.45, 7) is 13.2. The predicted molar refractivity (Wildman–Crippen MR) is 242 cm³/mol. The van der Waals surface area contributed by atoms with Crippen molar-refractivity contribution in [3.8, 4) is 39.9 Å². The fraction of sp³-hybridized carbons (Fsp3) is 0.157. The number of fused-ring (bicyclic) bond motifs is 6. The molecule has 8 aromatic rings. The van der Waals surface area contributed by atoms with Crippen molar-refractivity contribution in [3.63, 3.8) is 0 Å². The molecule has 0 saturated carbocycles. The Bertz CT molecular complexity index is 2810. The molecule has 0 unspecified atom stereocenters. The molecule has 0 fully saturated rings. The molecular weight excluding hydrogens is 733 g/mol. The van der Waals surface area contributed by atoms with Crippen molar-refractivity contribution in [2.24, 2.45) is 0 Å². The fourth-order valence-corrected chi connectivity index (χ4v) is 10.7. The lowest BCUT2D eigenvalue weighted by Crippen LogP contribution is -2.17. The Hall–Kier alpha value is -5.69. The summed E-state index contributed by atoms with van der Waals surface area (Å²) in [5.41, 5.74) is 11.9. The van der Waals surface area contributed by atoms with Crippen LogP contribution in [0.5, 0.6) is 0 Å². The third-order valence-corrected chi connectivity index (χ3v) is 13.6. The van der Waals surface area contributed by atoms with E-state index in [1.165, 1.54) is 63.7 Å². The van der Waals surface area contributed by atoms with Gasteiger partial charge in [-0.3, -0.25) is 0 Å². The van der Waals surface area contributed by atoms with Crippen molar-refractivity contribution in [2.75, 3.05) is 0 Å². The summed E-state index contributed by atoms with van der Waals surface area (Å²) < 4.78 is 2.47. The number of nitrogens with zero attached hydrogens (tertiary/aromatic N) is 4. The van der Waals surface area contributed by atoms with Gasteiger partial charge in [-0.2, -0.15) is 0 Å². The Balaban J connectivity index is 0.00000208. The quantitative estimate of drug-likeness (QED) is 0.168. The predicted octanol–water partition coefficient (Wildman–Crippen LogP) is 14.6. The Labute approximate surface area is 343 Å².